The maximum Gasteiger partial charge on any atom is 0.0219 e. The third kappa shape index (κ3) is 4.01. The molecule has 0 aliphatic carbocycles. The molecule has 0 radical (unpaired) electrons. The quantitative estimate of drug-likeness (QED) is 0.407. The van der Waals surface area contributed by atoms with Gasteiger partial charge in [0, 0.05) is 17.7 Å². The van der Waals surface area contributed by atoms with Gasteiger partial charge in [-0.1, -0.05) is 13.5 Å². The second-order valence-corrected chi connectivity index (χ2v) is 2.99. The van der Waals surface area contributed by atoms with Crippen molar-refractivity contribution in [3.8, 4) is 0 Å². The third-order valence-corrected chi connectivity index (χ3v) is 1.83. The molecule has 0 spiro atoms. The number of hydrogen-bond acceptors (Lipinski definition) is 3. The standard InChI is InChI=1S/C8H19N3/c1-4-8(5-6(2)9)7(3)11-10/h6,8,11H,3-5,9-10H2,1-2H3. The first kappa shape index (κ1) is 10.5. The van der Waals surface area contributed by atoms with Gasteiger partial charge < -0.3 is 11.2 Å². The predicted molar refractivity (Wildman–Crippen MR) is 48.5 cm³/mol. The van der Waals surface area contributed by atoms with Gasteiger partial charge in [-0.05, 0) is 19.8 Å². The first-order chi connectivity index (χ1) is 5.11. The van der Waals surface area contributed by atoms with Gasteiger partial charge in [0.15, 0.2) is 0 Å². The molecule has 0 aromatic heterocycles. The monoisotopic (exact) mass is 157 g/mol. The van der Waals surface area contributed by atoms with Crippen LogP contribution >= 0.6 is 0 Å². The molecule has 0 bridgehead atoms. The van der Waals surface area contributed by atoms with E-state index in [4.69, 9.17) is 11.6 Å². The molecule has 3 nitrogen and oxygen atoms in total. The molecule has 0 amide bonds. The molecule has 2 unspecified atom stereocenters. The summed E-state index contributed by atoms with van der Waals surface area (Å²) in [6.45, 7) is 7.90. The molecular weight excluding hydrogens is 138 g/mol. The summed E-state index contributed by atoms with van der Waals surface area (Å²) in [4.78, 5) is 0. The van der Waals surface area contributed by atoms with Gasteiger partial charge in [-0.2, -0.15) is 0 Å². The van der Waals surface area contributed by atoms with Crippen LogP contribution < -0.4 is 17.0 Å². The summed E-state index contributed by atoms with van der Waals surface area (Å²) >= 11 is 0. The van der Waals surface area contributed by atoms with Crippen LogP contribution in [0.5, 0.6) is 0 Å². The van der Waals surface area contributed by atoms with Crippen molar-refractivity contribution < 1.29 is 0 Å². The minimum Gasteiger partial charge on any atom is -0.329 e. The fourth-order valence-corrected chi connectivity index (χ4v) is 1.12. The largest absolute Gasteiger partial charge is 0.329 e. The normalized spacial score (nSPS) is 15.6. The SMILES string of the molecule is C=C(NN)C(CC)CC(C)N. The lowest BCUT2D eigenvalue weighted by Crippen LogP contribution is -2.29. The average Bonchev–Trinajstić information content (AvgIpc) is 1.98. The molecule has 0 rings (SSSR count). The van der Waals surface area contributed by atoms with Crippen LogP contribution in [0.4, 0.5) is 0 Å². The Morgan fingerprint density at radius 1 is 1.64 bits per heavy atom. The predicted octanol–water partition coefficient (Wildman–Crippen LogP) is 0.727. The highest BCUT2D eigenvalue weighted by molar-refractivity contribution is 4.96. The number of rotatable bonds is 5. The molecule has 0 aromatic rings. The minimum atomic E-state index is 0.213. The molecule has 0 saturated carbocycles. The fourth-order valence-electron chi connectivity index (χ4n) is 1.12. The second kappa shape index (κ2) is 5.16. The summed E-state index contributed by atoms with van der Waals surface area (Å²) in [5, 5.41) is 0. The van der Waals surface area contributed by atoms with Crippen molar-refractivity contribution in [2.24, 2.45) is 17.5 Å². The summed E-state index contributed by atoms with van der Waals surface area (Å²) in [5.74, 6) is 5.64. The van der Waals surface area contributed by atoms with E-state index >= 15 is 0 Å². The van der Waals surface area contributed by atoms with Crippen LogP contribution in [0.15, 0.2) is 12.3 Å². The van der Waals surface area contributed by atoms with Crippen molar-refractivity contribution in [3.05, 3.63) is 12.3 Å². The Balaban J connectivity index is 3.84. The maximum absolute atomic E-state index is 5.65. The van der Waals surface area contributed by atoms with E-state index in [0.717, 1.165) is 18.5 Å². The van der Waals surface area contributed by atoms with Gasteiger partial charge in [-0.15, -0.1) is 0 Å². The molecule has 0 aromatic carbocycles. The van der Waals surface area contributed by atoms with Crippen molar-refractivity contribution in [1.82, 2.24) is 5.43 Å². The van der Waals surface area contributed by atoms with Gasteiger partial charge in [0.1, 0.15) is 0 Å². The highest BCUT2D eigenvalue weighted by atomic mass is 15.2. The average molecular weight is 157 g/mol. The summed E-state index contributed by atoms with van der Waals surface area (Å²) in [7, 11) is 0. The van der Waals surface area contributed by atoms with Gasteiger partial charge in [0.2, 0.25) is 0 Å². The Kier molecular flexibility index (Phi) is 4.90. The highest BCUT2D eigenvalue weighted by Gasteiger charge is 2.10. The first-order valence-electron chi connectivity index (χ1n) is 4.02. The topological polar surface area (TPSA) is 64.1 Å². The summed E-state index contributed by atoms with van der Waals surface area (Å²) in [5.41, 5.74) is 9.10. The lowest BCUT2D eigenvalue weighted by Gasteiger charge is -2.18. The van der Waals surface area contributed by atoms with Crippen molar-refractivity contribution in [2.75, 3.05) is 0 Å². The van der Waals surface area contributed by atoms with Crippen LogP contribution in [0.25, 0.3) is 0 Å². The summed E-state index contributed by atoms with van der Waals surface area (Å²) in [6.07, 6.45) is 1.98. The molecule has 0 saturated heterocycles. The van der Waals surface area contributed by atoms with Gasteiger partial charge in [0.05, 0.1) is 0 Å². The molecule has 0 aliphatic heterocycles. The van der Waals surface area contributed by atoms with Gasteiger partial charge in [-0.25, -0.2) is 0 Å². The van der Waals surface area contributed by atoms with E-state index in [0.29, 0.717) is 5.92 Å². The lowest BCUT2D eigenvalue weighted by atomic mass is 9.96. The van der Waals surface area contributed by atoms with Gasteiger partial charge in [-0.3, -0.25) is 5.84 Å². The highest BCUT2D eigenvalue weighted by Crippen LogP contribution is 2.15. The zero-order valence-corrected chi connectivity index (χ0v) is 7.43. The molecule has 0 heterocycles. The smallest absolute Gasteiger partial charge is 0.0219 e. The molecule has 5 N–H and O–H groups in total. The number of hydrazine groups is 1. The van der Waals surface area contributed by atoms with E-state index < -0.39 is 0 Å². The van der Waals surface area contributed by atoms with E-state index in [-0.39, 0.29) is 6.04 Å². The molecule has 0 aliphatic rings. The maximum atomic E-state index is 5.65. The van der Waals surface area contributed by atoms with Crippen LogP contribution in [0.1, 0.15) is 26.7 Å². The molecule has 3 heteroatoms. The Morgan fingerprint density at radius 2 is 2.18 bits per heavy atom. The Bertz CT molecular complexity index is 121. The lowest BCUT2D eigenvalue weighted by molar-refractivity contribution is 0.467. The van der Waals surface area contributed by atoms with Crippen LogP contribution in [0.3, 0.4) is 0 Å². The van der Waals surface area contributed by atoms with Crippen molar-refractivity contribution >= 4 is 0 Å². The van der Waals surface area contributed by atoms with E-state index in [1.165, 1.54) is 0 Å². The van der Waals surface area contributed by atoms with Crippen molar-refractivity contribution in [2.45, 2.75) is 32.7 Å². The zero-order valence-electron chi connectivity index (χ0n) is 7.43. The van der Waals surface area contributed by atoms with E-state index in [2.05, 4.69) is 18.9 Å². The molecule has 11 heavy (non-hydrogen) atoms. The summed E-state index contributed by atoms with van der Waals surface area (Å²) in [6, 6.07) is 0.213. The van der Waals surface area contributed by atoms with Crippen LogP contribution in [-0.4, -0.2) is 6.04 Å². The molecular formula is C8H19N3. The van der Waals surface area contributed by atoms with Gasteiger partial charge in [0.25, 0.3) is 0 Å². The van der Waals surface area contributed by atoms with Crippen molar-refractivity contribution in [3.63, 3.8) is 0 Å². The van der Waals surface area contributed by atoms with E-state index in [9.17, 15) is 0 Å². The summed E-state index contributed by atoms with van der Waals surface area (Å²) < 4.78 is 0. The number of allylic oxidation sites excluding steroid dienone is 1. The van der Waals surface area contributed by atoms with Crippen LogP contribution in [0, 0.1) is 5.92 Å². The number of nitrogens with one attached hydrogen (secondary N) is 1. The second-order valence-electron chi connectivity index (χ2n) is 2.99. The Morgan fingerprint density at radius 3 is 2.45 bits per heavy atom. The molecule has 66 valence electrons. The fraction of sp³-hybridized carbons (Fsp3) is 0.750. The zero-order chi connectivity index (χ0) is 8.85. The van der Waals surface area contributed by atoms with E-state index in [1.54, 1.807) is 0 Å². The Labute approximate surface area is 68.8 Å². The van der Waals surface area contributed by atoms with Gasteiger partial charge >= 0.3 is 0 Å². The minimum absolute atomic E-state index is 0.213. The molecule has 2 atom stereocenters. The molecule has 0 fully saturated rings. The number of hydrogen-bond donors (Lipinski definition) is 3. The van der Waals surface area contributed by atoms with Crippen LogP contribution in [0.2, 0.25) is 0 Å². The van der Waals surface area contributed by atoms with Crippen molar-refractivity contribution in [1.29, 1.82) is 0 Å². The Hall–Kier alpha value is -0.540. The first-order valence-corrected chi connectivity index (χ1v) is 4.02. The third-order valence-electron chi connectivity index (χ3n) is 1.83. The van der Waals surface area contributed by atoms with E-state index in [1.807, 2.05) is 6.92 Å². The number of nitrogens with two attached hydrogens (primary N) is 2. The van der Waals surface area contributed by atoms with Crippen LogP contribution in [-0.2, 0) is 0 Å².